The van der Waals surface area contributed by atoms with Crippen LogP contribution in [0.2, 0.25) is 0 Å². The Morgan fingerprint density at radius 1 is 1.56 bits per heavy atom. The predicted octanol–water partition coefficient (Wildman–Crippen LogP) is -0.0432. The van der Waals surface area contributed by atoms with Gasteiger partial charge in [0.25, 0.3) is 0 Å². The van der Waals surface area contributed by atoms with Gasteiger partial charge in [-0.15, -0.1) is 0 Å². The molecule has 1 heterocycles. The smallest absolute Gasteiger partial charge is 0.326 e. The minimum atomic E-state index is -0.920. The summed E-state index contributed by atoms with van der Waals surface area (Å²) in [5.74, 6) is -0.881. The van der Waals surface area contributed by atoms with Crippen molar-refractivity contribution in [1.82, 2.24) is 4.90 Å². The molecule has 0 bridgehead atoms. The van der Waals surface area contributed by atoms with Gasteiger partial charge in [0.15, 0.2) is 0 Å². The number of carbonyl (C=O) groups is 2. The largest absolute Gasteiger partial charge is 0.480 e. The highest BCUT2D eigenvalue weighted by Crippen LogP contribution is 2.21. The molecule has 0 spiro atoms. The molecule has 1 rings (SSSR count). The fraction of sp³-hybridized carbons (Fsp3) is 0.800. The van der Waals surface area contributed by atoms with Crippen LogP contribution < -0.4 is 5.73 Å². The molecule has 3 N–H and O–H groups in total. The molecule has 6 heteroatoms. The van der Waals surface area contributed by atoms with Crippen LogP contribution in [0, 0.1) is 5.92 Å². The number of rotatable bonds is 5. The van der Waals surface area contributed by atoms with E-state index in [1.54, 1.807) is 0 Å². The number of carboxylic acids is 1. The molecular formula is C10H18N2O3S. The van der Waals surface area contributed by atoms with Gasteiger partial charge >= 0.3 is 5.97 Å². The number of nitrogens with zero attached hydrogens (tertiary/aromatic N) is 1. The molecule has 2 atom stereocenters. The summed E-state index contributed by atoms with van der Waals surface area (Å²) in [5, 5.41) is 8.98. The van der Waals surface area contributed by atoms with Crippen LogP contribution in [-0.2, 0) is 9.59 Å². The number of carboxylic acid groups (broad SMARTS) is 1. The van der Waals surface area contributed by atoms with Crippen molar-refractivity contribution in [3.63, 3.8) is 0 Å². The first-order valence-electron chi connectivity index (χ1n) is 5.46. The number of hydrogen-bond acceptors (Lipinski definition) is 4. The number of hydrogen-bond donors (Lipinski definition) is 3. The third kappa shape index (κ3) is 2.89. The van der Waals surface area contributed by atoms with E-state index in [9.17, 15) is 9.59 Å². The molecule has 0 radical (unpaired) electrons. The van der Waals surface area contributed by atoms with Crippen LogP contribution in [0.3, 0.4) is 0 Å². The fourth-order valence-corrected chi connectivity index (χ4v) is 2.35. The fourth-order valence-electron chi connectivity index (χ4n) is 2.02. The first-order valence-corrected chi connectivity index (χ1v) is 6.09. The molecule has 0 aliphatic carbocycles. The summed E-state index contributed by atoms with van der Waals surface area (Å²) in [6.07, 6.45) is 1.86. The Balaban J connectivity index is 2.67. The quantitative estimate of drug-likeness (QED) is 0.594. The Hall–Kier alpha value is -0.750. The molecule has 0 aromatic heterocycles. The second-order valence-electron chi connectivity index (χ2n) is 3.98. The van der Waals surface area contributed by atoms with E-state index in [2.05, 4.69) is 12.6 Å². The lowest BCUT2D eigenvalue weighted by atomic mass is 10.1. The van der Waals surface area contributed by atoms with Crippen LogP contribution in [0.15, 0.2) is 0 Å². The Labute approximate surface area is 100 Å². The van der Waals surface area contributed by atoms with Crippen molar-refractivity contribution < 1.29 is 14.7 Å². The number of amides is 1. The number of carbonyl (C=O) groups excluding carboxylic acids is 1. The van der Waals surface area contributed by atoms with Crippen LogP contribution in [0.4, 0.5) is 0 Å². The van der Waals surface area contributed by atoms with Gasteiger partial charge in [0.2, 0.25) is 5.91 Å². The molecular weight excluding hydrogens is 228 g/mol. The molecule has 0 saturated carbocycles. The molecule has 16 heavy (non-hydrogen) atoms. The molecule has 5 nitrogen and oxygen atoms in total. The zero-order chi connectivity index (χ0) is 12.1. The predicted molar refractivity (Wildman–Crippen MR) is 63.4 cm³/mol. The third-order valence-electron chi connectivity index (χ3n) is 2.91. The van der Waals surface area contributed by atoms with Gasteiger partial charge in [0, 0.05) is 18.2 Å². The average molecular weight is 246 g/mol. The topological polar surface area (TPSA) is 83.6 Å². The van der Waals surface area contributed by atoms with E-state index in [0.29, 0.717) is 31.7 Å². The third-order valence-corrected chi connectivity index (χ3v) is 3.35. The maximum atomic E-state index is 12.0. The van der Waals surface area contributed by atoms with Gasteiger partial charge in [-0.3, -0.25) is 4.79 Å². The van der Waals surface area contributed by atoms with Crippen molar-refractivity contribution in [2.24, 2.45) is 11.7 Å². The lowest BCUT2D eigenvalue weighted by Gasteiger charge is -2.25. The van der Waals surface area contributed by atoms with E-state index in [1.165, 1.54) is 4.90 Å². The molecule has 1 unspecified atom stereocenters. The highest BCUT2D eigenvalue weighted by Gasteiger charge is 2.36. The summed E-state index contributed by atoms with van der Waals surface area (Å²) in [7, 11) is 0. The van der Waals surface area contributed by atoms with Gasteiger partial charge in [-0.25, -0.2) is 4.79 Å². The number of likely N-dealkylation sites (tertiary alicyclic amines) is 1. The molecule has 1 fully saturated rings. The molecule has 1 aliphatic heterocycles. The van der Waals surface area contributed by atoms with Crippen molar-refractivity contribution in [2.75, 3.05) is 18.8 Å². The van der Waals surface area contributed by atoms with E-state index in [4.69, 9.17) is 10.8 Å². The molecule has 1 aliphatic rings. The number of nitrogens with two attached hydrogens (primary N) is 1. The Bertz CT molecular complexity index is 273. The molecule has 0 aromatic carbocycles. The monoisotopic (exact) mass is 246 g/mol. The second kappa shape index (κ2) is 6.10. The number of thiol groups is 1. The molecule has 92 valence electrons. The van der Waals surface area contributed by atoms with Crippen LogP contribution in [0.1, 0.15) is 19.3 Å². The van der Waals surface area contributed by atoms with Crippen molar-refractivity contribution >= 4 is 24.5 Å². The minimum Gasteiger partial charge on any atom is -0.480 e. The van der Waals surface area contributed by atoms with Crippen LogP contribution >= 0.6 is 12.6 Å². The van der Waals surface area contributed by atoms with Crippen molar-refractivity contribution in [3.05, 3.63) is 0 Å². The standard InChI is InChI=1S/C10H18N2O3S/c11-4-3-7(6-16)9(13)12-5-1-2-8(12)10(14)15/h7-8,16H,1-6,11H2,(H,14,15)/t7?,8-/m0/s1. The lowest BCUT2D eigenvalue weighted by molar-refractivity contribution is -0.149. The zero-order valence-corrected chi connectivity index (χ0v) is 10.0. The molecule has 1 saturated heterocycles. The maximum Gasteiger partial charge on any atom is 0.326 e. The van der Waals surface area contributed by atoms with Crippen molar-refractivity contribution in [2.45, 2.75) is 25.3 Å². The van der Waals surface area contributed by atoms with E-state index in [0.717, 1.165) is 6.42 Å². The summed E-state index contributed by atoms with van der Waals surface area (Å²) >= 11 is 4.11. The minimum absolute atomic E-state index is 0.120. The molecule has 0 aromatic rings. The average Bonchev–Trinajstić information content (AvgIpc) is 2.73. The van der Waals surface area contributed by atoms with Crippen LogP contribution in [-0.4, -0.2) is 46.8 Å². The summed E-state index contributed by atoms with van der Waals surface area (Å²) in [5.41, 5.74) is 5.41. The van der Waals surface area contributed by atoms with E-state index in [-0.39, 0.29) is 11.8 Å². The van der Waals surface area contributed by atoms with E-state index in [1.807, 2.05) is 0 Å². The zero-order valence-electron chi connectivity index (χ0n) is 9.13. The Kier molecular flexibility index (Phi) is 5.08. The normalized spacial score (nSPS) is 22.1. The van der Waals surface area contributed by atoms with Gasteiger partial charge < -0.3 is 15.7 Å². The summed E-state index contributed by atoms with van der Waals surface area (Å²) in [6, 6.07) is -0.660. The van der Waals surface area contributed by atoms with Gasteiger partial charge in [0.1, 0.15) is 6.04 Å². The van der Waals surface area contributed by atoms with Gasteiger partial charge in [-0.05, 0) is 25.8 Å². The summed E-state index contributed by atoms with van der Waals surface area (Å²) in [6.45, 7) is 0.952. The highest BCUT2D eigenvalue weighted by atomic mass is 32.1. The second-order valence-corrected chi connectivity index (χ2v) is 4.35. The van der Waals surface area contributed by atoms with Gasteiger partial charge in [-0.2, -0.15) is 12.6 Å². The van der Waals surface area contributed by atoms with Crippen LogP contribution in [0.5, 0.6) is 0 Å². The Morgan fingerprint density at radius 2 is 2.25 bits per heavy atom. The summed E-state index contributed by atoms with van der Waals surface area (Å²) in [4.78, 5) is 24.4. The van der Waals surface area contributed by atoms with Crippen molar-refractivity contribution in [3.8, 4) is 0 Å². The van der Waals surface area contributed by atoms with Crippen molar-refractivity contribution in [1.29, 1.82) is 0 Å². The first kappa shape index (κ1) is 13.3. The summed E-state index contributed by atoms with van der Waals surface area (Å²) < 4.78 is 0. The van der Waals surface area contributed by atoms with Gasteiger partial charge in [0.05, 0.1) is 0 Å². The Morgan fingerprint density at radius 3 is 2.75 bits per heavy atom. The van der Waals surface area contributed by atoms with E-state index < -0.39 is 12.0 Å². The van der Waals surface area contributed by atoms with E-state index >= 15 is 0 Å². The molecule has 1 amide bonds. The highest BCUT2D eigenvalue weighted by molar-refractivity contribution is 7.80. The number of aliphatic carboxylic acids is 1. The lowest BCUT2D eigenvalue weighted by Crippen LogP contribution is -2.44. The SMILES string of the molecule is NCCC(CS)C(=O)N1CCC[C@H]1C(=O)O. The van der Waals surface area contributed by atoms with Gasteiger partial charge in [-0.1, -0.05) is 0 Å². The van der Waals surface area contributed by atoms with Crippen LogP contribution in [0.25, 0.3) is 0 Å². The first-order chi connectivity index (χ1) is 7.61. The maximum absolute atomic E-state index is 12.0.